The summed E-state index contributed by atoms with van der Waals surface area (Å²) in [6, 6.07) is 12.2. The van der Waals surface area contributed by atoms with E-state index in [2.05, 4.69) is 10.3 Å². The van der Waals surface area contributed by atoms with Crippen molar-refractivity contribution < 1.29 is 17.9 Å². The van der Waals surface area contributed by atoms with Crippen LogP contribution in [0, 0.1) is 5.82 Å². The molecule has 3 N–H and O–H groups in total. The number of nitrogens with zero attached hydrogens (tertiary/aromatic N) is 1. The average Bonchev–Trinajstić information content (AvgIpc) is 3.58. The fraction of sp³-hybridized carbons (Fsp3) is 0.381. The topological polar surface area (TPSA) is 59.6 Å². The van der Waals surface area contributed by atoms with E-state index < -0.39 is 18.7 Å². The number of halogens is 4. The van der Waals surface area contributed by atoms with Gasteiger partial charge in [-0.25, -0.2) is 4.39 Å². The van der Waals surface area contributed by atoms with E-state index in [-0.39, 0.29) is 17.2 Å². The highest BCUT2D eigenvalue weighted by Crippen LogP contribution is 2.49. The van der Waals surface area contributed by atoms with E-state index in [1.165, 1.54) is 11.6 Å². The van der Waals surface area contributed by atoms with Crippen molar-refractivity contribution in [2.45, 2.75) is 43.2 Å². The van der Waals surface area contributed by atoms with Crippen LogP contribution in [0.2, 0.25) is 5.02 Å². The number of nitrogens with two attached hydrogens (primary N) is 1. The lowest BCUT2D eigenvalue weighted by atomic mass is 9.96. The molecule has 2 aliphatic rings. The Labute approximate surface area is 171 Å². The van der Waals surface area contributed by atoms with E-state index in [0.717, 1.165) is 25.1 Å². The first-order valence-electron chi connectivity index (χ1n) is 9.44. The summed E-state index contributed by atoms with van der Waals surface area (Å²) >= 11 is 5.98. The number of hydrogen-bond acceptors (Lipinski definition) is 3. The molecular formula is C21H21ClF3N3O. The zero-order valence-corrected chi connectivity index (χ0v) is 16.3. The monoisotopic (exact) mass is 423 g/mol. The van der Waals surface area contributed by atoms with Gasteiger partial charge in [-0.3, -0.25) is 0 Å². The van der Waals surface area contributed by atoms with Crippen molar-refractivity contribution >= 4 is 23.3 Å². The summed E-state index contributed by atoms with van der Waals surface area (Å²) in [4.78, 5) is 2.85. The first-order valence-corrected chi connectivity index (χ1v) is 9.81. The molecule has 2 atom stereocenters. The number of amidine groups is 1. The quantitative estimate of drug-likeness (QED) is 0.373. The van der Waals surface area contributed by atoms with Gasteiger partial charge in [-0.05, 0) is 60.7 Å². The number of alkyl halides is 2. The van der Waals surface area contributed by atoms with Crippen LogP contribution >= 0.6 is 11.6 Å². The molecular weight excluding hydrogens is 403 g/mol. The molecule has 4 nitrogen and oxygen atoms in total. The van der Waals surface area contributed by atoms with Crippen LogP contribution in [-0.4, -0.2) is 25.2 Å². The van der Waals surface area contributed by atoms with E-state index in [1.54, 1.807) is 12.1 Å². The zero-order chi connectivity index (χ0) is 20.6. The lowest BCUT2D eigenvalue weighted by Gasteiger charge is -2.18. The van der Waals surface area contributed by atoms with Crippen molar-refractivity contribution in [2.24, 2.45) is 10.7 Å². The van der Waals surface area contributed by atoms with Crippen LogP contribution in [0.1, 0.15) is 36.3 Å². The SMILES string of the molecule is N/C(=N/C(F)F)O[C@@H]1C[C@@H]1c1cc(NCC2(c3ccc(Cl)cc3)CC2)ccc1F. The number of nitrogens with one attached hydrogen (secondary N) is 1. The summed E-state index contributed by atoms with van der Waals surface area (Å²) in [5.74, 6) is -0.579. The molecule has 0 unspecified atom stereocenters. The van der Waals surface area contributed by atoms with E-state index in [9.17, 15) is 13.2 Å². The fourth-order valence-electron chi connectivity index (χ4n) is 3.64. The number of aliphatic imine (C=N–C) groups is 1. The van der Waals surface area contributed by atoms with Crippen LogP contribution in [0.4, 0.5) is 18.9 Å². The third-order valence-corrected chi connectivity index (χ3v) is 5.82. The molecule has 29 heavy (non-hydrogen) atoms. The van der Waals surface area contributed by atoms with Gasteiger partial charge in [-0.1, -0.05) is 23.7 Å². The van der Waals surface area contributed by atoms with Crippen LogP contribution in [0.5, 0.6) is 0 Å². The molecule has 0 aromatic heterocycles. The lowest BCUT2D eigenvalue weighted by Crippen LogP contribution is -2.20. The first kappa shape index (κ1) is 19.9. The van der Waals surface area contributed by atoms with Gasteiger partial charge in [0.25, 0.3) is 6.02 Å². The maximum atomic E-state index is 14.3. The molecule has 0 spiro atoms. The number of hydrogen-bond donors (Lipinski definition) is 2. The highest BCUT2D eigenvalue weighted by molar-refractivity contribution is 6.30. The maximum Gasteiger partial charge on any atom is 0.336 e. The van der Waals surface area contributed by atoms with Gasteiger partial charge in [0.15, 0.2) is 0 Å². The van der Waals surface area contributed by atoms with Crippen molar-refractivity contribution in [3.8, 4) is 0 Å². The highest BCUT2D eigenvalue weighted by Gasteiger charge is 2.45. The van der Waals surface area contributed by atoms with E-state index in [0.29, 0.717) is 17.0 Å². The van der Waals surface area contributed by atoms with Crippen LogP contribution in [0.3, 0.4) is 0 Å². The minimum Gasteiger partial charge on any atom is -0.461 e. The summed E-state index contributed by atoms with van der Waals surface area (Å²) in [7, 11) is 0. The Bertz CT molecular complexity index is 916. The van der Waals surface area contributed by atoms with Crippen molar-refractivity contribution in [2.75, 3.05) is 11.9 Å². The molecule has 4 rings (SSSR count). The largest absolute Gasteiger partial charge is 0.461 e. The van der Waals surface area contributed by atoms with Crippen molar-refractivity contribution in [1.29, 1.82) is 0 Å². The first-order chi connectivity index (χ1) is 13.9. The second kappa shape index (κ2) is 7.78. The third kappa shape index (κ3) is 4.61. The Hall–Kier alpha value is -2.41. The number of benzene rings is 2. The standard InChI is InChI=1S/C21H21ClF3N3O/c22-13-3-1-12(2-4-13)21(7-8-21)11-27-14-5-6-17(23)15(9-14)16-10-18(16)29-20(26)28-19(24)25/h1-6,9,16,18-19,27H,7-8,10-11H2,(H2,26,28)/t16-,18-/m1/s1. The second-order valence-corrected chi connectivity index (χ2v) is 8.06. The molecule has 0 aliphatic heterocycles. The summed E-state index contributed by atoms with van der Waals surface area (Å²) in [5, 5.41) is 4.11. The molecule has 2 fully saturated rings. The molecule has 0 radical (unpaired) electrons. The van der Waals surface area contributed by atoms with Gasteiger partial charge in [0, 0.05) is 28.6 Å². The normalized spacial score (nSPS) is 22.4. The predicted molar refractivity (Wildman–Crippen MR) is 107 cm³/mol. The predicted octanol–water partition coefficient (Wildman–Crippen LogP) is 5.03. The fourth-order valence-corrected chi connectivity index (χ4v) is 3.77. The van der Waals surface area contributed by atoms with E-state index >= 15 is 0 Å². The Morgan fingerprint density at radius 3 is 2.62 bits per heavy atom. The van der Waals surface area contributed by atoms with Crippen LogP contribution < -0.4 is 11.1 Å². The second-order valence-electron chi connectivity index (χ2n) is 7.62. The number of rotatable bonds is 7. The number of anilines is 1. The van der Waals surface area contributed by atoms with Gasteiger partial charge in [0.1, 0.15) is 11.9 Å². The van der Waals surface area contributed by atoms with Gasteiger partial charge in [-0.15, -0.1) is 0 Å². The molecule has 0 heterocycles. The molecule has 154 valence electrons. The third-order valence-electron chi connectivity index (χ3n) is 5.57. The van der Waals surface area contributed by atoms with Crippen molar-refractivity contribution in [1.82, 2.24) is 0 Å². The van der Waals surface area contributed by atoms with Crippen LogP contribution in [0.25, 0.3) is 0 Å². The minimum absolute atomic E-state index is 0.0740. The van der Waals surface area contributed by atoms with Crippen LogP contribution in [0.15, 0.2) is 47.5 Å². The van der Waals surface area contributed by atoms with E-state index in [1.807, 2.05) is 24.3 Å². The molecule has 2 aromatic carbocycles. The molecule has 0 saturated heterocycles. The summed E-state index contributed by atoms with van der Waals surface area (Å²) < 4.78 is 43.9. The van der Waals surface area contributed by atoms with Gasteiger partial charge < -0.3 is 15.8 Å². The molecule has 2 aromatic rings. The zero-order valence-electron chi connectivity index (χ0n) is 15.5. The minimum atomic E-state index is -2.92. The molecule has 0 bridgehead atoms. The highest BCUT2D eigenvalue weighted by atomic mass is 35.5. The molecule has 0 amide bonds. The Morgan fingerprint density at radius 1 is 1.24 bits per heavy atom. The Morgan fingerprint density at radius 2 is 1.97 bits per heavy atom. The molecule has 8 heteroatoms. The smallest absolute Gasteiger partial charge is 0.336 e. The Kier molecular flexibility index (Phi) is 5.34. The lowest BCUT2D eigenvalue weighted by molar-refractivity contribution is 0.152. The maximum absolute atomic E-state index is 14.3. The van der Waals surface area contributed by atoms with E-state index in [4.69, 9.17) is 22.1 Å². The summed E-state index contributed by atoms with van der Waals surface area (Å²) in [6.07, 6.45) is 2.23. The summed E-state index contributed by atoms with van der Waals surface area (Å²) in [5.41, 5.74) is 7.93. The van der Waals surface area contributed by atoms with Gasteiger partial charge in [0.2, 0.25) is 0 Å². The van der Waals surface area contributed by atoms with Gasteiger partial charge >= 0.3 is 6.55 Å². The van der Waals surface area contributed by atoms with Crippen LogP contribution in [-0.2, 0) is 10.2 Å². The summed E-state index contributed by atoms with van der Waals surface area (Å²) in [6.45, 7) is -2.19. The molecule has 2 aliphatic carbocycles. The Balaban J connectivity index is 1.40. The van der Waals surface area contributed by atoms with Crippen molar-refractivity contribution in [3.63, 3.8) is 0 Å². The number of ether oxygens (including phenoxy) is 1. The van der Waals surface area contributed by atoms with Crippen molar-refractivity contribution in [3.05, 3.63) is 64.4 Å². The van der Waals surface area contributed by atoms with Gasteiger partial charge in [0.05, 0.1) is 0 Å². The van der Waals surface area contributed by atoms with Gasteiger partial charge in [-0.2, -0.15) is 13.8 Å². The molecule has 2 saturated carbocycles. The average molecular weight is 424 g/mol.